The second-order valence-corrected chi connectivity index (χ2v) is 7.49. The average Bonchev–Trinajstić information content (AvgIpc) is 2.70. The molecule has 0 radical (unpaired) electrons. The third kappa shape index (κ3) is 9.19. The largest absolute Gasteiger partial charge is 0.374 e. The van der Waals surface area contributed by atoms with Gasteiger partial charge in [-0.15, -0.1) is 24.0 Å². The lowest BCUT2D eigenvalue weighted by molar-refractivity contribution is -0.114. The third-order valence-electron chi connectivity index (χ3n) is 4.38. The predicted octanol–water partition coefficient (Wildman–Crippen LogP) is 2.57. The Kier molecular flexibility index (Phi) is 12.2. The summed E-state index contributed by atoms with van der Waals surface area (Å²) in [5, 5.41) is 8.34. The van der Waals surface area contributed by atoms with Crippen molar-refractivity contribution in [2.24, 2.45) is 10.9 Å². The highest BCUT2D eigenvalue weighted by Gasteiger charge is 2.21. The molecule has 0 aliphatic carbocycles. The van der Waals surface area contributed by atoms with Crippen LogP contribution >= 0.6 is 24.0 Å². The average molecular weight is 557 g/mol. The molecule has 0 bridgehead atoms. The number of carbonyl (C=O) groups excluding carboxylic acids is 1. The number of benzene rings is 1. The Morgan fingerprint density at radius 1 is 1.26 bits per heavy atom. The Balaban J connectivity index is 0.00000480. The molecule has 176 valence electrons. The number of guanidine groups is 1. The molecule has 0 aromatic heterocycles. The van der Waals surface area contributed by atoms with Gasteiger partial charge in [0.15, 0.2) is 23.4 Å². The number of morpholine rings is 1. The van der Waals surface area contributed by atoms with Crippen LogP contribution in [0.1, 0.15) is 20.8 Å². The van der Waals surface area contributed by atoms with Crippen LogP contribution in [0.3, 0.4) is 0 Å². The zero-order valence-corrected chi connectivity index (χ0v) is 20.3. The summed E-state index contributed by atoms with van der Waals surface area (Å²) in [6.45, 7) is 10.4. The van der Waals surface area contributed by atoms with Crippen LogP contribution in [0, 0.1) is 23.4 Å². The molecule has 1 aliphatic rings. The monoisotopic (exact) mass is 557 g/mol. The van der Waals surface area contributed by atoms with E-state index >= 15 is 0 Å². The number of hydrogen-bond acceptors (Lipinski definition) is 4. The quantitative estimate of drug-likeness (QED) is 0.198. The number of nitrogens with one attached hydrogen (secondary N) is 3. The molecular formula is C20H31F3IN5O2. The van der Waals surface area contributed by atoms with Gasteiger partial charge in [-0.2, -0.15) is 0 Å². The Hall–Kier alpha value is -1.60. The van der Waals surface area contributed by atoms with E-state index in [9.17, 15) is 18.0 Å². The fourth-order valence-electron chi connectivity index (χ4n) is 3.10. The topological polar surface area (TPSA) is 78.0 Å². The number of ether oxygens (including phenoxy) is 1. The molecule has 1 aliphatic heterocycles. The van der Waals surface area contributed by atoms with Gasteiger partial charge in [0.2, 0.25) is 5.91 Å². The highest BCUT2D eigenvalue weighted by Crippen LogP contribution is 2.19. The molecule has 1 aromatic rings. The van der Waals surface area contributed by atoms with Crippen LogP contribution < -0.4 is 16.0 Å². The van der Waals surface area contributed by atoms with Crippen molar-refractivity contribution in [3.8, 4) is 0 Å². The molecular weight excluding hydrogens is 526 g/mol. The van der Waals surface area contributed by atoms with Crippen molar-refractivity contribution < 1.29 is 22.7 Å². The first kappa shape index (κ1) is 27.4. The number of rotatable bonds is 8. The predicted molar refractivity (Wildman–Crippen MR) is 125 cm³/mol. The highest BCUT2D eigenvalue weighted by molar-refractivity contribution is 14.0. The van der Waals surface area contributed by atoms with Gasteiger partial charge in [0.05, 0.1) is 18.4 Å². The van der Waals surface area contributed by atoms with Crippen LogP contribution in [0.25, 0.3) is 0 Å². The van der Waals surface area contributed by atoms with E-state index in [1.54, 1.807) is 0 Å². The number of halogens is 4. The fraction of sp³-hybridized carbons (Fsp3) is 0.600. The van der Waals surface area contributed by atoms with Gasteiger partial charge in [-0.3, -0.25) is 9.69 Å². The van der Waals surface area contributed by atoms with E-state index in [1.807, 2.05) is 6.92 Å². The van der Waals surface area contributed by atoms with Gasteiger partial charge < -0.3 is 20.7 Å². The zero-order valence-electron chi connectivity index (χ0n) is 18.0. The fourth-order valence-corrected chi connectivity index (χ4v) is 3.10. The maximum atomic E-state index is 13.7. The van der Waals surface area contributed by atoms with Crippen molar-refractivity contribution in [3.63, 3.8) is 0 Å². The molecule has 11 heteroatoms. The molecule has 0 spiro atoms. The molecule has 1 aromatic carbocycles. The van der Waals surface area contributed by atoms with Crippen molar-refractivity contribution in [2.45, 2.75) is 26.9 Å². The number of amides is 1. The second kappa shape index (κ2) is 13.7. The van der Waals surface area contributed by atoms with Gasteiger partial charge in [0, 0.05) is 32.7 Å². The minimum absolute atomic E-state index is 0. The van der Waals surface area contributed by atoms with Crippen LogP contribution in [-0.4, -0.2) is 68.7 Å². The van der Waals surface area contributed by atoms with Crippen LogP contribution in [-0.2, 0) is 9.53 Å². The normalized spacial score (nSPS) is 17.3. The van der Waals surface area contributed by atoms with Gasteiger partial charge in [0.25, 0.3) is 0 Å². The van der Waals surface area contributed by atoms with Gasteiger partial charge in [-0.1, -0.05) is 13.8 Å². The number of nitrogens with zero attached hydrogens (tertiary/aromatic N) is 2. The Morgan fingerprint density at radius 3 is 2.68 bits per heavy atom. The molecule has 1 fully saturated rings. The van der Waals surface area contributed by atoms with E-state index in [-0.39, 0.29) is 36.6 Å². The van der Waals surface area contributed by atoms with Crippen LogP contribution in [0.5, 0.6) is 0 Å². The Labute approximate surface area is 198 Å². The number of hydrogen-bond donors (Lipinski definition) is 3. The molecule has 1 atom stereocenters. The smallest absolute Gasteiger partial charge is 0.246 e. The minimum atomic E-state index is -1.63. The highest BCUT2D eigenvalue weighted by atomic mass is 127. The second-order valence-electron chi connectivity index (χ2n) is 7.49. The van der Waals surface area contributed by atoms with Crippen molar-refractivity contribution in [1.82, 2.24) is 15.5 Å². The summed E-state index contributed by atoms with van der Waals surface area (Å²) in [6.07, 6.45) is -0.00790. The molecule has 7 nitrogen and oxygen atoms in total. The Morgan fingerprint density at radius 2 is 2.00 bits per heavy atom. The van der Waals surface area contributed by atoms with Gasteiger partial charge in [-0.05, 0) is 25.0 Å². The summed E-state index contributed by atoms with van der Waals surface area (Å²) >= 11 is 0. The molecule has 31 heavy (non-hydrogen) atoms. The standard InChI is InChI=1S/C20H30F3N5O2.HI/c1-4-24-20(25-9-14-12-28(7-8-30-14)11-13(2)3)26-10-17(29)27-16-6-5-15(21)18(22)19(16)23;/h5-6,13-14H,4,7-12H2,1-3H3,(H,27,29)(H2,24,25,26);1H. The Bertz CT molecular complexity index is 752. The molecule has 1 heterocycles. The van der Waals surface area contributed by atoms with Crippen LogP contribution in [0.4, 0.5) is 18.9 Å². The molecule has 1 amide bonds. The SMILES string of the molecule is CCNC(=NCC(=O)Nc1ccc(F)c(F)c1F)NCC1CN(CC(C)C)CCO1.I. The lowest BCUT2D eigenvalue weighted by Gasteiger charge is -2.34. The number of aliphatic imine (C=N–C) groups is 1. The van der Waals surface area contributed by atoms with E-state index in [0.717, 1.165) is 31.8 Å². The van der Waals surface area contributed by atoms with Gasteiger partial charge in [-0.25, -0.2) is 18.2 Å². The molecule has 1 unspecified atom stereocenters. The first-order chi connectivity index (χ1) is 14.3. The minimum Gasteiger partial charge on any atom is -0.374 e. The van der Waals surface area contributed by atoms with Crippen molar-refractivity contribution >= 4 is 41.5 Å². The molecule has 3 N–H and O–H groups in total. The summed E-state index contributed by atoms with van der Waals surface area (Å²) in [5.74, 6) is -4.08. The van der Waals surface area contributed by atoms with E-state index in [0.29, 0.717) is 31.6 Å². The molecule has 0 saturated carbocycles. The summed E-state index contributed by atoms with van der Waals surface area (Å²) in [5.41, 5.74) is -0.437. The number of anilines is 1. The zero-order chi connectivity index (χ0) is 22.1. The number of carbonyl (C=O) groups is 1. The third-order valence-corrected chi connectivity index (χ3v) is 4.38. The van der Waals surface area contributed by atoms with E-state index in [1.165, 1.54) is 0 Å². The van der Waals surface area contributed by atoms with Crippen molar-refractivity contribution in [2.75, 3.05) is 51.2 Å². The van der Waals surface area contributed by atoms with E-state index in [4.69, 9.17) is 4.74 Å². The van der Waals surface area contributed by atoms with Crippen LogP contribution in [0.2, 0.25) is 0 Å². The molecule has 1 saturated heterocycles. The van der Waals surface area contributed by atoms with Crippen molar-refractivity contribution in [1.29, 1.82) is 0 Å². The first-order valence-electron chi connectivity index (χ1n) is 10.1. The van der Waals surface area contributed by atoms with E-state index < -0.39 is 29.0 Å². The summed E-state index contributed by atoms with van der Waals surface area (Å²) in [7, 11) is 0. The van der Waals surface area contributed by atoms with Crippen molar-refractivity contribution in [3.05, 3.63) is 29.6 Å². The van der Waals surface area contributed by atoms with Gasteiger partial charge in [0.1, 0.15) is 6.54 Å². The first-order valence-corrected chi connectivity index (χ1v) is 10.1. The summed E-state index contributed by atoms with van der Waals surface area (Å²) < 4.78 is 45.7. The van der Waals surface area contributed by atoms with E-state index in [2.05, 4.69) is 39.7 Å². The maximum absolute atomic E-state index is 13.7. The summed E-state index contributed by atoms with van der Waals surface area (Å²) in [4.78, 5) is 18.5. The lowest BCUT2D eigenvalue weighted by Crippen LogP contribution is -2.50. The van der Waals surface area contributed by atoms with Crippen LogP contribution in [0.15, 0.2) is 17.1 Å². The molecule has 2 rings (SSSR count). The van der Waals surface area contributed by atoms with Gasteiger partial charge >= 0.3 is 0 Å². The summed E-state index contributed by atoms with van der Waals surface area (Å²) in [6, 6.07) is 1.71. The lowest BCUT2D eigenvalue weighted by atomic mass is 10.2. The maximum Gasteiger partial charge on any atom is 0.246 e.